The quantitative estimate of drug-likeness (QED) is 0.886. The smallest absolute Gasteiger partial charge is 0.253 e. The Morgan fingerprint density at radius 2 is 1.96 bits per heavy atom. The van der Waals surface area contributed by atoms with Crippen LogP contribution in [-0.2, 0) is 20.7 Å². The van der Waals surface area contributed by atoms with Gasteiger partial charge in [0.2, 0.25) is 0 Å². The van der Waals surface area contributed by atoms with E-state index in [2.05, 4.69) is 12.1 Å². The minimum Gasteiger partial charge on any atom is -0.386 e. The first-order chi connectivity index (χ1) is 13.3. The molecule has 5 heteroatoms. The molecule has 2 aromatic rings. The second-order valence-corrected chi connectivity index (χ2v) is 8.26. The van der Waals surface area contributed by atoms with Crippen LogP contribution in [-0.4, -0.2) is 41.9 Å². The highest BCUT2D eigenvalue weighted by Gasteiger charge is 2.51. The van der Waals surface area contributed by atoms with E-state index in [0.29, 0.717) is 25.1 Å². The van der Waals surface area contributed by atoms with Gasteiger partial charge < -0.3 is 19.5 Å². The second-order valence-electron chi connectivity index (χ2n) is 8.26. The van der Waals surface area contributed by atoms with E-state index in [4.69, 9.17) is 9.47 Å². The monoisotopic (exact) mass is 381 g/mol. The number of likely N-dealkylation sites (tertiary alicyclic amines) is 1. The lowest BCUT2D eigenvalue weighted by atomic mass is 9.82. The molecular formula is C23H27NO4. The normalized spacial score (nSPS) is 24.9. The number of nitrogens with zero attached hydrogens (tertiary/aromatic N) is 1. The molecule has 1 N–H and O–H groups in total. The summed E-state index contributed by atoms with van der Waals surface area (Å²) in [5.74, 6) is -0.0115. The Labute approximate surface area is 165 Å². The Morgan fingerprint density at radius 3 is 2.64 bits per heavy atom. The van der Waals surface area contributed by atoms with Crippen molar-refractivity contribution < 1.29 is 19.4 Å². The third kappa shape index (κ3) is 3.24. The lowest BCUT2D eigenvalue weighted by Crippen LogP contribution is -2.53. The summed E-state index contributed by atoms with van der Waals surface area (Å²) in [5.41, 5.74) is 2.08. The zero-order chi connectivity index (χ0) is 19.9. The summed E-state index contributed by atoms with van der Waals surface area (Å²) in [4.78, 5) is 15.0. The van der Waals surface area contributed by atoms with Gasteiger partial charge in [-0.3, -0.25) is 4.79 Å². The van der Waals surface area contributed by atoms with Gasteiger partial charge in [0, 0.05) is 18.5 Å². The molecule has 4 rings (SSSR count). The minimum atomic E-state index is -0.929. The molecule has 5 nitrogen and oxygen atoms in total. The molecule has 28 heavy (non-hydrogen) atoms. The van der Waals surface area contributed by atoms with E-state index < -0.39 is 11.2 Å². The van der Waals surface area contributed by atoms with Crippen molar-refractivity contribution in [2.75, 3.05) is 19.9 Å². The maximum absolute atomic E-state index is 13.1. The first kappa shape index (κ1) is 19.1. The standard InChI is InChI=1S/C23H27NO4/c1-16-13-17(9-10-19(16)22(2,3)26)21(25)24-12-11-23(18-7-5-4-6-8-18)20(14-24)27-15-28-23/h4-10,13,20,26H,11-12,14-15H2,1-3H3/t20?,23-/m0/s1. The van der Waals surface area contributed by atoms with E-state index in [-0.39, 0.29) is 18.8 Å². The van der Waals surface area contributed by atoms with Gasteiger partial charge in [-0.05, 0) is 49.6 Å². The van der Waals surface area contributed by atoms with Crippen LogP contribution in [0.5, 0.6) is 0 Å². The highest BCUT2D eigenvalue weighted by atomic mass is 16.7. The number of carbonyl (C=O) groups excluding carboxylic acids is 1. The molecule has 1 amide bonds. The summed E-state index contributed by atoms with van der Waals surface area (Å²) in [7, 11) is 0. The maximum Gasteiger partial charge on any atom is 0.253 e. The summed E-state index contributed by atoms with van der Waals surface area (Å²) >= 11 is 0. The second kappa shape index (κ2) is 6.99. The SMILES string of the molecule is Cc1cc(C(=O)N2CC[C@@]3(c4ccccc4)OCOC3C2)ccc1C(C)(C)O. The van der Waals surface area contributed by atoms with Crippen LogP contribution in [0.25, 0.3) is 0 Å². The molecule has 2 atom stereocenters. The average molecular weight is 381 g/mol. The molecule has 148 valence electrons. The molecule has 2 heterocycles. The number of ether oxygens (including phenoxy) is 2. The summed E-state index contributed by atoms with van der Waals surface area (Å²) in [5, 5.41) is 10.3. The minimum absolute atomic E-state index is 0.0115. The van der Waals surface area contributed by atoms with Crippen LogP contribution in [0.3, 0.4) is 0 Å². The fourth-order valence-corrected chi connectivity index (χ4v) is 4.46. The van der Waals surface area contributed by atoms with Gasteiger partial charge in [0.15, 0.2) is 0 Å². The molecular weight excluding hydrogens is 354 g/mol. The van der Waals surface area contributed by atoms with Gasteiger partial charge in [0.05, 0.1) is 12.1 Å². The number of aryl methyl sites for hydroxylation is 1. The van der Waals surface area contributed by atoms with Crippen molar-refractivity contribution >= 4 is 5.91 Å². The number of hydrogen-bond acceptors (Lipinski definition) is 4. The number of benzene rings is 2. The fourth-order valence-electron chi connectivity index (χ4n) is 4.46. The van der Waals surface area contributed by atoms with Crippen LogP contribution >= 0.6 is 0 Å². The number of aliphatic hydroxyl groups is 1. The first-order valence-corrected chi connectivity index (χ1v) is 9.75. The van der Waals surface area contributed by atoms with E-state index in [0.717, 1.165) is 16.7 Å². The zero-order valence-electron chi connectivity index (χ0n) is 16.6. The van der Waals surface area contributed by atoms with Crippen molar-refractivity contribution in [3.63, 3.8) is 0 Å². The summed E-state index contributed by atoms with van der Waals surface area (Å²) < 4.78 is 11.9. The molecule has 0 aliphatic carbocycles. The van der Waals surface area contributed by atoms with Crippen LogP contribution in [0.15, 0.2) is 48.5 Å². The van der Waals surface area contributed by atoms with Crippen LogP contribution in [0.1, 0.15) is 47.3 Å². The van der Waals surface area contributed by atoms with Gasteiger partial charge in [0.25, 0.3) is 5.91 Å². The zero-order valence-corrected chi connectivity index (χ0v) is 16.6. The predicted molar refractivity (Wildman–Crippen MR) is 106 cm³/mol. The van der Waals surface area contributed by atoms with Crippen molar-refractivity contribution in [2.45, 2.75) is 44.5 Å². The topological polar surface area (TPSA) is 59.0 Å². The Bertz CT molecular complexity index is 874. The molecule has 2 fully saturated rings. The number of rotatable bonds is 3. The first-order valence-electron chi connectivity index (χ1n) is 9.75. The van der Waals surface area contributed by atoms with E-state index in [1.165, 1.54) is 0 Å². The molecule has 0 aromatic heterocycles. The van der Waals surface area contributed by atoms with E-state index in [9.17, 15) is 9.90 Å². The highest BCUT2D eigenvalue weighted by molar-refractivity contribution is 5.94. The van der Waals surface area contributed by atoms with Gasteiger partial charge in [-0.15, -0.1) is 0 Å². The van der Waals surface area contributed by atoms with Crippen molar-refractivity contribution in [1.29, 1.82) is 0 Å². The molecule has 1 unspecified atom stereocenters. The van der Waals surface area contributed by atoms with Crippen molar-refractivity contribution in [2.24, 2.45) is 0 Å². The van der Waals surface area contributed by atoms with Gasteiger partial charge >= 0.3 is 0 Å². The van der Waals surface area contributed by atoms with Gasteiger partial charge in [-0.25, -0.2) is 0 Å². The molecule has 0 radical (unpaired) electrons. The maximum atomic E-state index is 13.1. The van der Waals surface area contributed by atoms with Crippen molar-refractivity contribution in [1.82, 2.24) is 4.90 Å². The van der Waals surface area contributed by atoms with Crippen LogP contribution in [0.4, 0.5) is 0 Å². The van der Waals surface area contributed by atoms with E-state index in [1.54, 1.807) is 19.9 Å². The third-order valence-electron chi connectivity index (χ3n) is 5.93. The Morgan fingerprint density at radius 1 is 1.21 bits per heavy atom. The molecule has 0 spiro atoms. The Hall–Kier alpha value is -2.21. The molecule has 2 aliphatic rings. The largest absolute Gasteiger partial charge is 0.386 e. The van der Waals surface area contributed by atoms with Gasteiger partial charge in [-0.1, -0.05) is 36.4 Å². The van der Waals surface area contributed by atoms with Crippen molar-refractivity contribution in [3.8, 4) is 0 Å². The van der Waals surface area contributed by atoms with Gasteiger partial charge in [-0.2, -0.15) is 0 Å². The molecule has 2 saturated heterocycles. The molecule has 2 aliphatic heterocycles. The summed E-state index contributed by atoms with van der Waals surface area (Å²) in [6.45, 7) is 6.79. The number of hydrogen-bond donors (Lipinski definition) is 1. The Balaban J connectivity index is 1.55. The average Bonchev–Trinajstić information content (AvgIpc) is 3.11. The lowest BCUT2D eigenvalue weighted by molar-refractivity contribution is -0.0439. The van der Waals surface area contributed by atoms with E-state index >= 15 is 0 Å². The number of carbonyl (C=O) groups is 1. The van der Waals surface area contributed by atoms with Crippen LogP contribution < -0.4 is 0 Å². The number of piperidine rings is 1. The molecule has 0 bridgehead atoms. The Kier molecular flexibility index (Phi) is 4.78. The molecule has 2 aromatic carbocycles. The summed E-state index contributed by atoms with van der Waals surface area (Å²) in [6, 6.07) is 15.6. The van der Waals surface area contributed by atoms with Crippen LogP contribution in [0.2, 0.25) is 0 Å². The van der Waals surface area contributed by atoms with Crippen molar-refractivity contribution in [3.05, 3.63) is 70.8 Å². The fraction of sp³-hybridized carbons (Fsp3) is 0.435. The number of amides is 1. The predicted octanol–water partition coefficient (Wildman–Crippen LogP) is 3.34. The number of fused-ring (bicyclic) bond motifs is 1. The van der Waals surface area contributed by atoms with Gasteiger partial charge in [0.1, 0.15) is 18.5 Å². The summed E-state index contributed by atoms with van der Waals surface area (Å²) in [6.07, 6.45) is 0.526. The third-order valence-corrected chi connectivity index (χ3v) is 5.93. The lowest BCUT2D eigenvalue weighted by Gasteiger charge is -2.42. The van der Waals surface area contributed by atoms with E-state index in [1.807, 2.05) is 42.2 Å². The van der Waals surface area contributed by atoms with Crippen LogP contribution in [0, 0.1) is 6.92 Å². The highest BCUT2D eigenvalue weighted by Crippen LogP contribution is 2.42. The molecule has 0 saturated carbocycles.